The van der Waals surface area contributed by atoms with Gasteiger partial charge in [0.05, 0.1) is 0 Å². The zero-order chi connectivity index (χ0) is 10.2. The molecule has 1 heterocycles. The molecule has 0 spiro atoms. The molecule has 4 heteroatoms. The molecule has 0 unspecified atom stereocenters. The lowest BCUT2D eigenvalue weighted by atomic mass is 9.57. The topological polar surface area (TPSA) is 35.2 Å². The lowest BCUT2D eigenvalue weighted by molar-refractivity contribution is -0.189. The Morgan fingerprint density at radius 2 is 1.79 bits per heavy atom. The van der Waals surface area contributed by atoms with Crippen LogP contribution in [-0.2, 0) is 4.74 Å². The second-order valence-electron chi connectivity index (χ2n) is 4.66. The molecule has 0 radical (unpaired) electrons. The third kappa shape index (κ3) is 1.65. The van der Waals surface area contributed by atoms with Gasteiger partial charge in [-0.05, 0) is 30.7 Å². The van der Waals surface area contributed by atoms with Crippen molar-refractivity contribution in [3.05, 3.63) is 0 Å². The first kappa shape index (κ1) is 10.3. The fourth-order valence-electron chi connectivity index (χ4n) is 2.89. The van der Waals surface area contributed by atoms with E-state index in [4.69, 9.17) is 10.5 Å². The molecule has 0 atom stereocenters. The third-order valence-electron chi connectivity index (χ3n) is 3.72. The van der Waals surface area contributed by atoms with Crippen LogP contribution in [0.15, 0.2) is 0 Å². The van der Waals surface area contributed by atoms with E-state index in [-0.39, 0.29) is 18.3 Å². The molecule has 1 aliphatic carbocycles. The van der Waals surface area contributed by atoms with Crippen molar-refractivity contribution in [1.82, 2.24) is 0 Å². The number of ether oxygens (including phenoxy) is 1. The zero-order valence-electron chi connectivity index (χ0n) is 8.27. The molecular formula is C10H17F2NO. The van der Waals surface area contributed by atoms with Gasteiger partial charge in [-0.3, -0.25) is 0 Å². The van der Waals surface area contributed by atoms with Crippen LogP contribution >= 0.6 is 0 Å². The van der Waals surface area contributed by atoms with Crippen molar-refractivity contribution in [1.29, 1.82) is 0 Å². The highest BCUT2D eigenvalue weighted by atomic mass is 19.3. The van der Waals surface area contributed by atoms with Crippen molar-refractivity contribution >= 4 is 0 Å². The van der Waals surface area contributed by atoms with Crippen LogP contribution in [0.3, 0.4) is 0 Å². The lowest BCUT2D eigenvalue weighted by Gasteiger charge is -2.52. The molecule has 82 valence electrons. The minimum atomic E-state index is -2.46. The van der Waals surface area contributed by atoms with Crippen LogP contribution in [0.2, 0.25) is 0 Å². The summed E-state index contributed by atoms with van der Waals surface area (Å²) >= 11 is 0. The third-order valence-corrected chi connectivity index (χ3v) is 3.72. The average molecular weight is 205 g/mol. The minimum absolute atomic E-state index is 0.0127. The van der Waals surface area contributed by atoms with E-state index >= 15 is 0 Å². The van der Waals surface area contributed by atoms with Crippen molar-refractivity contribution in [2.45, 2.75) is 31.6 Å². The Kier molecular flexibility index (Phi) is 2.52. The summed E-state index contributed by atoms with van der Waals surface area (Å²) in [5, 5.41) is 0. The Bertz CT molecular complexity index is 206. The molecule has 0 amide bonds. The highest BCUT2D eigenvalue weighted by molar-refractivity contribution is 5.03. The number of alkyl halides is 2. The van der Waals surface area contributed by atoms with Gasteiger partial charge in [0, 0.05) is 26.1 Å². The number of rotatable bonds is 2. The minimum Gasteiger partial charge on any atom is -0.381 e. The Morgan fingerprint density at radius 3 is 2.21 bits per heavy atom. The van der Waals surface area contributed by atoms with Crippen LogP contribution in [0, 0.1) is 11.3 Å². The highest BCUT2D eigenvalue weighted by Gasteiger charge is 2.58. The summed E-state index contributed by atoms with van der Waals surface area (Å²) in [4.78, 5) is 0. The molecule has 0 aromatic carbocycles. The second kappa shape index (κ2) is 3.42. The number of hydrogen-bond donors (Lipinski definition) is 1. The summed E-state index contributed by atoms with van der Waals surface area (Å²) in [6, 6.07) is 0. The summed E-state index contributed by atoms with van der Waals surface area (Å²) in [5.74, 6) is -2.11. The normalized spacial score (nSPS) is 31.1. The van der Waals surface area contributed by atoms with Crippen LogP contribution in [0.25, 0.3) is 0 Å². The summed E-state index contributed by atoms with van der Waals surface area (Å²) in [5.41, 5.74) is 5.36. The average Bonchev–Trinajstić information content (AvgIpc) is 2.15. The van der Waals surface area contributed by atoms with Crippen molar-refractivity contribution in [2.24, 2.45) is 17.1 Å². The fourth-order valence-corrected chi connectivity index (χ4v) is 2.89. The molecular weight excluding hydrogens is 188 g/mol. The van der Waals surface area contributed by atoms with Gasteiger partial charge in [-0.15, -0.1) is 0 Å². The summed E-state index contributed by atoms with van der Waals surface area (Å²) < 4.78 is 31.0. The highest BCUT2D eigenvalue weighted by Crippen LogP contribution is 2.57. The summed E-state index contributed by atoms with van der Waals surface area (Å²) in [6.45, 7) is 1.81. The van der Waals surface area contributed by atoms with E-state index in [1.807, 2.05) is 0 Å². The van der Waals surface area contributed by atoms with Gasteiger partial charge in [0.25, 0.3) is 0 Å². The fraction of sp³-hybridized carbons (Fsp3) is 1.00. The molecule has 0 aromatic rings. The van der Waals surface area contributed by atoms with E-state index in [1.54, 1.807) is 0 Å². The van der Waals surface area contributed by atoms with Crippen molar-refractivity contribution in [3.63, 3.8) is 0 Å². The lowest BCUT2D eigenvalue weighted by Crippen LogP contribution is -2.55. The first-order valence-corrected chi connectivity index (χ1v) is 5.24. The van der Waals surface area contributed by atoms with Gasteiger partial charge in [-0.25, -0.2) is 8.78 Å². The molecule has 2 aliphatic rings. The van der Waals surface area contributed by atoms with Gasteiger partial charge in [0.2, 0.25) is 5.92 Å². The maximum atomic E-state index is 12.9. The molecule has 1 aliphatic heterocycles. The van der Waals surface area contributed by atoms with Crippen LogP contribution in [-0.4, -0.2) is 25.7 Å². The second-order valence-corrected chi connectivity index (χ2v) is 4.66. The van der Waals surface area contributed by atoms with Gasteiger partial charge in [0.1, 0.15) is 0 Å². The molecule has 2 N–H and O–H groups in total. The Balaban J connectivity index is 1.99. The smallest absolute Gasteiger partial charge is 0.249 e. The SMILES string of the molecule is NCC1(C2CCOCC2)CC(F)(F)C1. The summed E-state index contributed by atoms with van der Waals surface area (Å²) in [6.07, 6.45) is 1.77. The zero-order valence-corrected chi connectivity index (χ0v) is 8.27. The Labute approximate surface area is 82.8 Å². The van der Waals surface area contributed by atoms with Gasteiger partial charge < -0.3 is 10.5 Å². The van der Waals surface area contributed by atoms with E-state index in [1.165, 1.54) is 0 Å². The van der Waals surface area contributed by atoms with E-state index in [9.17, 15) is 8.78 Å². The molecule has 1 saturated carbocycles. The summed E-state index contributed by atoms with van der Waals surface area (Å²) in [7, 11) is 0. The number of hydrogen-bond acceptors (Lipinski definition) is 2. The van der Waals surface area contributed by atoms with Gasteiger partial charge in [-0.2, -0.15) is 0 Å². The number of halogens is 2. The van der Waals surface area contributed by atoms with E-state index in [2.05, 4.69) is 0 Å². The molecule has 2 nitrogen and oxygen atoms in total. The van der Waals surface area contributed by atoms with Gasteiger partial charge in [0.15, 0.2) is 0 Å². The maximum Gasteiger partial charge on any atom is 0.249 e. The quantitative estimate of drug-likeness (QED) is 0.746. The van der Waals surface area contributed by atoms with E-state index < -0.39 is 5.92 Å². The van der Waals surface area contributed by atoms with Gasteiger partial charge >= 0.3 is 0 Å². The predicted molar refractivity (Wildman–Crippen MR) is 49.2 cm³/mol. The van der Waals surface area contributed by atoms with Crippen molar-refractivity contribution < 1.29 is 13.5 Å². The largest absolute Gasteiger partial charge is 0.381 e. The monoisotopic (exact) mass is 205 g/mol. The van der Waals surface area contributed by atoms with E-state index in [0.29, 0.717) is 25.7 Å². The maximum absolute atomic E-state index is 12.9. The molecule has 2 rings (SSSR count). The molecule has 2 fully saturated rings. The standard InChI is InChI=1S/C10H17F2NO/c11-10(12)5-9(6-10,7-13)8-1-3-14-4-2-8/h8H,1-7,13H2. The number of nitrogens with two attached hydrogens (primary N) is 1. The first-order valence-electron chi connectivity index (χ1n) is 5.24. The van der Waals surface area contributed by atoms with Gasteiger partial charge in [-0.1, -0.05) is 0 Å². The van der Waals surface area contributed by atoms with E-state index in [0.717, 1.165) is 12.8 Å². The van der Waals surface area contributed by atoms with Crippen LogP contribution in [0.5, 0.6) is 0 Å². The van der Waals surface area contributed by atoms with Crippen molar-refractivity contribution in [2.75, 3.05) is 19.8 Å². The first-order chi connectivity index (χ1) is 6.58. The Morgan fingerprint density at radius 1 is 1.21 bits per heavy atom. The van der Waals surface area contributed by atoms with Crippen molar-refractivity contribution in [3.8, 4) is 0 Å². The van der Waals surface area contributed by atoms with Crippen LogP contribution in [0.1, 0.15) is 25.7 Å². The molecule has 0 aromatic heterocycles. The van der Waals surface area contributed by atoms with Crippen LogP contribution in [0.4, 0.5) is 8.78 Å². The predicted octanol–water partition coefficient (Wildman–Crippen LogP) is 1.79. The Hall–Kier alpha value is -0.220. The van der Waals surface area contributed by atoms with Crippen LogP contribution < -0.4 is 5.73 Å². The molecule has 1 saturated heterocycles. The molecule has 0 bridgehead atoms. The molecule has 14 heavy (non-hydrogen) atoms.